The number of sulfonamides is 1. The van der Waals surface area contributed by atoms with Crippen LogP contribution in [0.3, 0.4) is 0 Å². The molecule has 2 heterocycles. The number of dihydropyridines is 1. The smallest absolute Gasteiger partial charge is 0.238 e. The van der Waals surface area contributed by atoms with Crippen molar-refractivity contribution in [2.45, 2.75) is 17.5 Å². The van der Waals surface area contributed by atoms with E-state index in [1.807, 2.05) is 17.1 Å². The largest absolute Gasteiger partial charge is 0.497 e. The minimum Gasteiger partial charge on any atom is -0.497 e. The van der Waals surface area contributed by atoms with Crippen LogP contribution >= 0.6 is 0 Å². The maximum Gasteiger partial charge on any atom is 0.238 e. The van der Waals surface area contributed by atoms with Gasteiger partial charge in [-0.2, -0.15) is 0 Å². The average molecular weight is 408 g/mol. The van der Waals surface area contributed by atoms with Crippen molar-refractivity contribution < 1.29 is 21.9 Å². The van der Waals surface area contributed by atoms with E-state index in [1.54, 1.807) is 13.3 Å². The highest BCUT2D eigenvalue weighted by Crippen LogP contribution is 2.35. The zero-order valence-electron chi connectivity index (χ0n) is 14.9. The molecule has 0 radical (unpaired) electrons. The standard InChI is InChI=1S/C18H18F2N4O3S/c1-27-10-4-12-16(5-10)23-8-17-18(12)24(3-2-22-17)9-13-14(19)6-11(7-15(13)20)28(21,25)26/h4-8,16,22H,2-3,9H2,1H3,(H2,21,25,26). The summed E-state index contributed by atoms with van der Waals surface area (Å²) in [6.07, 6.45) is 5.42. The van der Waals surface area contributed by atoms with Gasteiger partial charge in [0.15, 0.2) is 0 Å². The van der Waals surface area contributed by atoms with Gasteiger partial charge in [-0.15, -0.1) is 0 Å². The molecule has 3 aliphatic rings. The van der Waals surface area contributed by atoms with Crippen molar-refractivity contribution in [1.82, 2.24) is 10.2 Å². The van der Waals surface area contributed by atoms with E-state index in [9.17, 15) is 17.2 Å². The Morgan fingerprint density at radius 1 is 1.36 bits per heavy atom. The van der Waals surface area contributed by atoms with Crippen LogP contribution in [-0.2, 0) is 21.3 Å². The van der Waals surface area contributed by atoms with Gasteiger partial charge in [-0.1, -0.05) is 0 Å². The molecule has 0 spiro atoms. The molecular weight excluding hydrogens is 390 g/mol. The van der Waals surface area contributed by atoms with Gasteiger partial charge in [0.05, 0.1) is 29.4 Å². The highest BCUT2D eigenvalue weighted by Gasteiger charge is 2.33. The molecule has 0 amide bonds. The second-order valence-corrected chi connectivity index (χ2v) is 8.18. The third-order valence-electron chi connectivity index (χ3n) is 4.87. The number of aliphatic imine (C=N–C) groups is 1. The second-order valence-electron chi connectivity index (χ2n) is 6.62. The fraction of sp³-hybridized carbons (Fsp3) is 0.278. The Morgan fingerprint density at radius 3 is 2.71 bits per heavy atom. The van der Waals surface area contributed by atoms with Crippen LogP contribution in [0.5, 0.6) is 0 Å². The Hall–Kier alpha value is -2.72. The van der Waals surface area contributed by atoms with E-state index in [1.165, 1.54) is 0 Å². The number of fused-ring (bicyclic) bond motifs is 2. The van der Waals surface area contributed by atoms with E-state index in [0.29, 0.717) is 18.8 Å². The van der Waals surface area contributed by atoms with Crippen LogP contribution in [0.4, 0.5) is 8.78 Å². The predicted molar refractivity (Wildman–Crippen MR) is 98.6 cm³/mol. The predicted octanol–water partition coefficient (Wildman–Crippen LogP) is 1.15. The molecule has 3 N–H and O–H groups in total. The third-order valence-corrected chi connectivity index (χ3v) is 5.77. The van der Waals surface area contributed by atoms with Crippen molar-refractivity contribution in [2.75, 3.05) is 20.2 Å². The molecule has 1 aromatic carbocycles. The molecule has 0 aromatic heterocycles. The number of rotatable bonds is 4. The molecule has 10 heteroatoms. The lowest BCUT2D eigenvalue weighted by Crippen LogP contribution is -2.42. The third kappa shape index (κ3) is 3.18. The Balaban J connectivity index is 1.70. The molecule has 2 aliphatic heterocycles. The van der Waals surface area contributed by atoms with Gasteiger partial charge in [0.1, 0.15) is 17.4 Å². The molecule has 0 fully saturated rings. The van der Waals surface area contributed by atoms with Gasteiger partial charge in [0.2, 0.25) is 10.0 Å². The zero-order valence-corrected chi connectivity index (χ0v) is 15.8. The summed E-state index contributed by atoms with van der Waals surface area (Å²) in [4.78, 5) is 5.72. The van der Waals surface area contributed by atoms with Gasteiger partial charge in [-0.05, 0) is 24.3 Å². The van der Waals surface area contributed by atoms with Crippen molar-refractivity contribution in [3.8, 4) is 0 Å². The summed E-state index contributed by atoms with van der Waals surface area (Å²) in [6.45, 7) is 1.02. The maximum atomic E-state index is 14.5. The fourth-order valence-corrected chi connectivity index (χ4v) is 4.06. The molecule has 1 aliphatic carbocycles. The van der Waals surface area contributed by atoms with Crippen molar-refractivity contribution in [1.29, 1.82) is 0 Å². The quantitative estimate of drug-likeness (QED) is 0.779. The van der Waals surface area contributed by atoms with Gasteiger partial charge in [0.25, 0.3) is 0 Å². The molecular formula is C18H18F2N4O3S. The number of primary sulfonamides is 1. The molecule has 7 nitrogen and oxygen atoms in total. The number of halogens is 2. The first kappa shape index (κ1) is 18.6. The normalized spacial score (nSPS) is 21.0. The molecule has 28 heavy (non-hydrogen) atoms. The summed E-state index contributed by atoms with van der Waals surface area (Å²) in [7, 11) is -2.63. The molecule has 1 atom stereocenters. The Labute approximate surface area is 160 Å². The topological polar surface area (TPSA) is 97.0 Å². The lowest BCUT2D eigenvalue weighted by molar-refractivity contribution is 0.305. The summed E-state index contributed by atoms with van der Waals surface area (Å²) in [5.41, 5.74) is 2.22. The SMILES string of the molecule is COC1=CC2N=CC3=C(C2=C1)N(Cc1c(F)cc(S(N)(=O)=O)cc1F)CCN3. The minimum absolute atomic E-state index is 0.0662. The average Bonchev–Trinajstić information content (AvgIpc) is 3.07. The molecule has 0 saturated heterocycles. The number of nitrogens with two attached hydrogens (primary N) is 1. The Bertz CT molecular complexity index is 1050. The lowest BCUT2D eigenvalue weighted by Gasteiger charge is -2.37. The van der Waals surface area contributed by atoms with Gasteiger partial charge >= 0.3 is 0 Å². The van der Waals surface area contributed by atoms with E-state index >= 15 is 0 Å². The number of benzene rings is 1. The molecule has 4 rings (SSSR count). The highest BCUT2D eigenvalue weighted by atomic mass is 32.2. The first-order valence-electron chi connectivity index (χ1n) is 8.52. The van der Waals surface area contributed by atoms with Gasteiger partial charge < -0.3 is 15.0 Å². The van der Waals surface area contributed by atoms with Gasteiger partial charge in [0, 0.05) is 37.0 Å². The van der Waals surface area contributed by atoms with Crippen molar-refractivity contribution in [3.63, 3.8) is 0 Å². The number of nitrogens with one attached hydrogen (secondary N) is 1. The number of allylic oxidation sites excluding steroid dienone is 2. The number of nitrogens with zero attached hydrogens (tertiary/aromatic N) is 2. The van der Waals surface area contributed by atoms with Crippen LogP contribution in [0.15, 0.2) is 56.9 Å². The maximum absolute atomic E-state index is 14.5. The van der Waals surface area contributed by atoms with Crippen LogP contribution in [0.2, 0.25) is 0 Å². The number of methoxy groups -OCH3 is 1. The Kier molecular flexibility index (Phi) is 4.47. The summed E-state index contributed by atoms with van der Waals surface area (Å²) in [5, 5.41) is 8.22. The number of hydrogen-bond acceptors (Lipinski definition) is 6. The highest BCUT2D eigenvalue weighted by molar-refractivity contribution is 7.89. The van der Waals surface area contributed by atoms with Crippen LogP contribution in [0.1, 0.15) is 5.56 Å². The van der Waals surface area contributed by atoms with Crippen LogP contribution in [0, 0.1) is 11.6 Å². The van der Waals surface area contributed by atoms with E-state index in [0.717, 1.165) is 29.1 Å². The van der Waals surface area contributed by atoms with Crippen molar-refractivity contribution in [3.05, 3.63) is 64.2 Å². The zero-order chi connectivity index (χ0) is 20.1. The van der Waals surface area contributed by atoms with E-state index in [2.05, 4.69) is 10.3 Å². The van der Waals surface area contributed by atoms with E-state index < -0.39 is 26.6 Å². The molecule has 0 saturated carbocycles. The first-order chi connectivity index (χ1) is 13.3. The monoisotopic (exact) mass is 408 g/mol. The fourth-order valence-electron chi connectivity index (χ4n) is 3.53. The van der Waals surface area contributed by atoms with Crippen LogP contribution in [0.25, 0.3) is 0 Å². The van der Waals surface area contributed by atoms with Gasteiger partial charge in [-0.3, -0.25) is 4.99 Å². The van der Waals surface area contributed by atoms with Crippen LogP contribution < -0.4 is 10.5 Å². The number of hydrogen-bond donors (Lipinski definition) is 2. The summed E-state index contributed by atoms with van der Waals surface area (Å²) < 4.78 is 57.1. The van der Waals surface area contributed by atoms with E-state index in [-0.39, 0.29) is 18.2 Å². The van der Waals surface area contributed by atoms with Gasteiger partial charge in [-0.25, -0.2) is 22.3 Å². The molecule has 1 aromatic rings. The molecule has 148 valence electrons. The first-order valence-corrected chi connectivity index (χ1v) is 10.1. The summed E-state index contributed by atoms with van der Waals surface area (Å²) in [5.74, 6) is -1.24. The Morgan fingerprint density at radius 2 is 2.07 bits per heavy atom. The second kappa shape index (κ2) is 6.71. The summed E-state index contributed by atoms with van der Waals surface area (Å²) in [6, 6.07) is 1.28. The summed E-state index contributed by atoms with van der Waals surface area (Å²) >= 11 is 0. The van der Waals surface area contributed by atoms with E-state index in [4.69, 9.17) is 9.88 Å². The van der Waals surface area contributed by atoms with Crippen molar-refractivity contribution in [2.24, 2.45) is 10.1 Å². The molecule has 1 unspecified atom stereocenters. The van der Waals surface area contributed by atoms with Crippen LogP contribution in [-0.4, -0.2) is 45.8 Å². The minimum atomic E-state index is -4.20. The molecule has 0 bridgehead atoms. The van der Waals surface area contributed by atoms with Crippen molar-refractivity contribution >= 4 is 16.2 Å². The lowest BCUT2D eigenvalue weighted by atomic mass is 9.99. The number of ether oxygens (including phenoxy) is 1.